The van der Waals surface area contributed by atoms with Crippen molar-refractivity contribution < 1.29 is 18.7 Å². The Hall–Kier alpha value is -2.05. The Morgan fingerprint density at radius 1 is 1.26 bits per heavy atom. The first-order valence-corrected chi connectivity index (χ1v) is 10.2. The van der Waals surface area contributed by atoms with E-state index in [1.807, 2.05) is 19.2 Å². The van der Waals surface area contributed by atoms with Crippen LogP contribution in [-0.4, -0.2) is 29.9 Å². The highest BCUT2D eigenvalue weighted by atomic mass is 35.5. The summed E-state index contributed by atoms with van der Waals surface area (Å²) in [7, 11) is 0. The summed E-state index contributed by atoms with van der Waals surface area (Å²) in [5, 5.41) is 2.89. The molecule has 0 radical (unpaired) electrons. The van der Waals surface area contributed by atoms with Crippen molar-refractivity contribution in [3.05, 3.63) is 70.0 Å². The minimum absolute atomic E-state index is 0.112. The Balaban J connectivity index is 2.05. The summed E-state index contributed by atoms with van der Waals surface area (Å²) in [4.78, 5) is 24.9. The fraction of sp³-hybridized carbons (Fsp3) is 0.300. The largest absolute Gasteiger partial charge is 0.459 e. The Kier molecular flexibility index (Phi) is 8.13. The number of ether oxygens (including phenoxy) is 1. The summed E-state index contributed by atoms with van der Waals surface area (Å²) in [5.41, 5.74) is 1.52. The van der Waals surface area contributed by atoms with Crippen molar-refractivity contribution in [2.45, 2.75) is 26.0 Å². The first-order valence-electron chi connectivity index (χ1n) is 8.38. The van der Waals surface area contributed by atoms with Crippen LogP contribution in [0.4, 0.5) is 4.39 Å². The van der Waals surface area contributed by atoms with Gasteiger partial charge in [-0.15, -0.1) is 0 Å². The van der Waals surface area contributed by atoms with E-state index in [1.165, 1.54) is 18.2 Å². The second-order valence-electron chi connectivity index (χ2n) is 5.98. The van der Waals surface area contributed by atoms with E-state index in [0.717, 1.165) is 5.56 Å². The third kappa shape index (κ3) is 6.26. The van der Waals surface area contributed by atoms with E-state index in [-0.39, 0.29) is 23.1 Å². The van der Waals surface area contributed by atoms with Crippen LogP contribution in [0.1, 0.15) is 27.9 Å². The molecule has 144 valence electrons. The van der Waals surface area contributed by atoms with Crippen molar-refractivity contribution in [3.63, 3.8) is 0 Å². The van der Waals surface area contributed by atoms with Gasteiger partial charge in [0.25, 0.3) is 5.91 Å². The van der Waals surface area contributed by atoms with E-state index < -0.39 is 17.8 Å². The number of hydrogen-bond acceptors (Lipinski definition) is 4. The molecule has 0 saturated carbocycles. The van der Waals surface area contributed by atoms with Gasteiger partial charge in [-0.3, -0.25) is 4.79 Å². The summed E-state index contributed by atoms with van der Waals surface area (Å²) in [6.45, 7) is 1.59. The van der Waals surface area contributed by atoms with Crippen LogP contribution in [0.15, 0.2) is 42.5 Å². The monoisotopic (exact) mass is 409 g/mol. The lowest BCUT2D eigenvalue weighted by Gasteiger charge is -2.18. The normalized spacial score (nSPS) is 11.7. The fourth-order valence-corrected chi connectivity index (χ4v) is 3.12. The molecule has 1 atom stereocenters. The Bertz CT molecular complexity index is 795. The molecule has 0 heterocycles. The number of esters is 1. The molecular weight excluding hydrogens is 389 g/mol. The smallest absolute Gasteiger partial charge is 0.329 e. The second-order valence-corrected chi connectivity index (χ2v) is 7.38. The highest BCUT2D eigenvalue weighted by Gasteiger charge is 2.23. The van der Waals surface area contributed by atoms with E-state index >= 15 is 0 Å². The van der Waals surface area contributed by atoms with Crippen molar-refractivity contribution in [1.29, 1.82) is 0 Å². The van der Waals surface area contributed by atoms with E-state index in [9.17, 15) is 14.0 Å². The lowest BCUT2D eigenvalue weighted by Crippen LogP contribution is -2.42. The molecule has 0 aliphatic rings. The molecule has 1 N–H and O–H groups in total. The molecule has 0 aliphatic heterocycles. The van der Waals surface area contributed by atoms with Gasteiger partial charge in [-0.25, -0.2) is 9.18 Å². The molecule has 7 heteroatoms. The average molecular weight is 410 g/mol. The van der Waals surface area contributed by atoms with Gasteiger partial charge in [0.15, 0.2) is 0 Å². The molecule has 27 heavy (non-hydrogen) atoms. The standard InChI is InChI=1S/C20H21ClFNO3S/c1-13-5-3-6-14(11-13)19(24)23-18(9-10-27-2)20(25)26-12-15-16(21)7-4-8-17(15)22/h3-8,11,18H,9-10,12H2,1-2H3,(H,23,24)/t18-/m0/s1. The highest BCUT2D eigenvalue weighted by molar-refractivity contribution is 7.98. The molecule has 0 spiro atoms. The molecular formula is C20H21ClFNO3S. The van der Waals surface area contributed by atoms with Crippen molar-refractivity contribution in [2.24, 2.45) is 0 Å². The van der Waals surface area contributed by atoms with Crippen LogP contribution in [0.3, 0.4) is 0 Å². The second kappa shape index (κ2) is 10.3. The predicted molar refractivity (Wildman–Crippen MR) is 107 cm³/mol. The van der Waals surface area contributed by atoms with E-state index in [4.69, 9.17) is 16.3 Å². The third-order valence-electron chi connectivity index (χ3n) is 3.90. The number of aryl methyl sites for hydroxylation is 1. The van der Waals surface area contributed by atoms with Crippen molar-refractivity contribution in [3.8, 4) is 0 Å². The third-order valence-corrected chi connectivity index (χ3v) is 4.90. The molecule has 0 saturated heterocycles. The molecule has 0 bridgehead atoms. The molecule has 0 aliphatic carbocycles. The van der Waals surface area contributed by atoms with Crippen LogP contribution in [0.25, 0.3) is 0 Å². The Labute approximate surface area is 167 Å². The molecule has 4 nitrogen and oxygen atoms in total. The van der Waals surface area contributed by atoms with Gasteiger partial charge in [0.2, 0.25) is 0 Å². The maximum absolute atomic E-state index is 13.8. The highest BCUT2D eigenvalue weighted by Crippen LogP contribution is 2.20. The Morgan fingerprint density at radius 3 is 2.67 bits per heavy atom. The molecule has 2 aromatic carbocycles. The lowest BCUT2D eigenvalue weighted by molar-refractivity contribution is -0.147. The number of carbonyl (C=O) groups is 2. The number of amides is 1. The van der Waals surface area contributed by atoms with Crippen LogP contribution in [0.2, 0.25) is 5.02 Å². The van der Waals surface area contributed by atoms with Gasteiger partial charge in [0.1, 0.15) is 18.5 Å². The summed E-state index contributed by atoms with van der Waals surface area (Å²) < 4.78 is 19.0. The van der Waals surface area contributed by atoms with Gasteiger partial charge < -0.3 is 10.1 Å². The Morgan fingerprint density at radius 2 is 2.00 bits per heavy atom. The van der Waals surface area contributed by atoms with E-state index in [0.29, 0.717) is 17.7 Å². The SMILES string of the molecule is CSCC[C@H](NC(=O)c1cccc(C)c1)C(=O)OCc1c(F)cccc1Cl. The minimum Gasteiger partial charge on any atom is -0.459 e. The molecule has 2 aromatic rings. The number of halogens is 2. The number of thioether (sulfide) groups is 1. The van der Waals surface area contributed by atoms with Crippen LogP contribution < -0.4 is 5.32 Å². The zero-order chi connectivity index (χ0) is 19.8. The average Bonchev–Trinajstić information content (AvgIpc) is 2.64. The van der Waals surface area contributed by atoms with Gasteiger partial charge in [-0.1, -0.05) is 35.4 Å². The zero-order valence-electron chi connectivity index (χ0n) is 15.1. The summed E-state index contributed by atoms with van der Waals surface area (Å²) >= 11 is 7.50. The van der Waals surface area contributed by atoms with Gasteiger partial charge in [-0.2, -0.15) is 11.8 Å². The number of benzene rings is 2. The molecule has 1 amide bonds. The fourth-order valence-electron chi connectivity index (χ4n) is 2.43. The van der Waals surface area contributed by atoms with Crippen molar-refractivity contribution in [2.75, 3.05) is 12.0 Å². The topological polar surface area (TPSA) is 55.4 Å². The first-order chi connectivity index (χ1) is 12.9. The molecule has 2 rings (SSSR count). The molecule has 0 unspecified atom stereocenters. The van der Waals surface area contributed by atoms with Crippen LogP contribution in [0, 0.1) is 12.7 Å². The van der Waals surface area contributed by atoms with Gasteiger partial charge in [-0.05, 0) is 49.6 Å². The first kappa shape index (κ1) is 21.3. The maximum Gasteiger partial charge on any atom is 0.329 e. The minimum atomic E-state index is -0.823. The molecule has 0 fully saturated rings. The quantitative estimate of drug-likeness (QED) is 0.657. The van der Waals surface area contributed by atoms with Crippen LogP contribution in [-0.2, 0) is 16.1 Å². The van der Waals surface area contributed by atoms with Crippen molar-refractivity contribution in [1.82, 2.24) is 5.32 Å². The zero-order valence-corrected chi connectivity index (χ0v) is 16.7. The number of rotatable bonds is 8. The number of hydrogen-bond donors (Lipinski definition) is 1. The van der Waals surface area contributed by atoms with Gasteiger partial charge in [0.05, 0.1) is 5.02 Å². The van der Waals surface area contributed by atoms with Crippen molar-refractivity contribution >= 4 is 35.2 Å². The van der Waals surface area contributed by atoms with Gasteiger partial charge >= 0.3 is 5.97 Å². The number of carbonyl (C=O) groups excluding carboxylic acids is 2. The van der Waals surface area contributed by atoms with E-state index in [1.54, 1.807) is 30.0 Å². The number of nitrogens with one attached hydrogen (secondary N) is 1. The van der Waals surface area contributed by atoms with E-state index in [2.05, 4.69) is 5.32 Å². The van der Waals surface area contributed by atoms with Gasteiger partial charge in [0, 0.05) is 11.1 Å². The summed E-state index contributed by atoms with van der Waals surface area (Å²) in [6, 6.07) is 10.5. The maximum atomic E-state index is 13.8. The summed E-state index contributed by atoms with van der Waals surface area (Å²) in [5.74, 6) is -0.858. The molecule has 0 aromatic heterocycles. The van der Waals surface area contributed by atoms with Crippen LogP contribution >= 0.6 is 23.4 Å². The van der Waals surface area contributed by atoms with Crippen LogP contribution in [0.5, 0.6) is 0 Å². The lowest BCUT2D eigenvalue weighted by atomic mass is 10.1. The summed E-state index contributed by atoms with van der Waals surface area (Å²) in [6.07, 6.45) is 2.31. The predicted octanol–water partition coefficient (Wildman–Crippen LogP) is 4.38.